The molecule has 3 nitrogen and oxygen atoms in total. The SMILES string of the molecule is Cc1cn(C2CCCCC2)nc1N. The van der Waals surface area contributed by atoms with Crippen LogP contribution >= 0.6 is 0 Å². The van der Waals surface area contributed by atoms with E-state index in [1.165, 1.54) is 32.1 Å². The van der Waals surface area contributed by atoms with Crippen LogP contribution in [0.4, 0.5) is 5.82 Å². The van der Waals surface area contributed by atoms with E-state index in [-0.39, 0.29) is 0 Å². The first-order valence-corrected chi connectivity index (χ1v) is 5.08. The summed E-state index contributed by atoms with van der Waals surface area (Å²) in [5.74, 6) is 0.686. The Balaban J connectivity index is 2.14. The molecule has 0 spiro atoms. The van der Waals surface area contributed by atoms with Crippen LogP contribution in [0, 0.1) is 6.92 Å². The lowest BCUT2D eigenvalue weighted by molar-refractivity contribution is 0.330. The number of nitrogens with zero attached hydrogens (tertiary/aromatic N) is 2. The lowest BCUT2D eigenvalue weighted by Crippen LogP contribution is -2.13. The summed E-state index contributed by atoms with van der Waals surface area (Å²) in [4.78, 5) is 0. The zero-order valence-electron chi connectivity index (χ0n) is 8.16. The number of anilines is 1. The molecule has 0 bridgehead atoms. The quantitative estimate of drug-likeness (QED) is 0.718. The summed E-state index contributed by atoms with van der Waals surface area (Å²) in [5.41, 5.74) is 6.82. The van der Waals surface area contributed by atoms with Crippen molar-refractivity contribution in [3.63, 3.8) is 0 Å². The molecule has 72 valence electrons. The van der Waals surface area contributed by atoms with E-state index in [2.05, 4.69) is 16.0 Å². The van der Waals surface area contributed by atoms with Crippen molar-refractivity contribution in [3.05, 3.63) is 11.8 Å². The van der Waals surface area contributed by atoms with Crippen molar-refractivity contribution in [1.82, 2.24) is 9.78 Å². The van der Waals surface area contributed by atoms with Gasteiger partial charge >= 0.3 is 0 Å². The van der Waals surface area contributed by atoms with E-state index >= 15 is 0 Å². The maximum absolute atomic E-state index is 5.72. The molecule has 1 saturated carbocycles. The van der Waals surface area contributed by atoms with E-state index in [0.29, 0.717) is 11.9 Å². The van der Waals surface area contributed by atoms with Crippen molar-refractivity contribution in [2.24, 2.45) is 0 Å². The third-order valence-corrected chi connectivity index (χ3v) is 2.90. The summed E-state index contributed by atoms with van der Waals surface area (Å²) in [5, 5.41) is 4.33. The van der Waals surface area contributed by atoms with E-state index in [1.807, 2.05) is 6.92 Å². The lowest BCUT2D eigenvalue weighted by atomic mass is 9.96. The molecule has 0 radical (unpaired) electrons. The maximum Gasteiger partial charge on any atom is 0.148 e. The summed E-state index contributed by atoms with van der Waals surface area (Å²) >= 11 is 0. The fraction of sp³-hybridized carbons (Fsp3) is 0.700. The van der Waals surface area contributed by atoms with Crippen molar-refractivity contribution < 1.29 is 0 Å². The van der Waals surface area contributed by atoms with Gasteiger partial charge in [0.25, 0.3) is 0 Å². The Hall–Kier alpha value is -0.990. The molecule has 0 aromatic carbocycles. The highest BCUT2D eigenvalue weighted by atomic mass is 15.3. The van der Waals surface area contributed by atoms with Crippen LogP contribution in [0.1, 0.15) is 43.7 Å². The van der Waals surface area contributed by atoms with Gasteiger partial charge in [0.05, 0.1) is 6.04 Å². The van der Waals surface area contributed by atoms with Crippen molar-refractivity contribution >= 4 is 5.82 Å². The fourth-order valence-electron chi connectivity index (χ4n) is 2.03. The van der Waals surface area contributed by atoms with Crippen LogP contribution in [0.5, 0.6) is 0 Å². The first-order valence-electron chi connectivity index (χ1n) is 5.08. The van der Waals surface area contributed by atoms with Crippen molar-refractivity contribution in [3.8, 4) is 0 Å². The van der Waals surface area contributed by atoms with E-state index in [1.54, 1.807) is 0 Å². The Morgan fingerprint density at radius 3 is 2.62 bits per heavy atom. The molecule has 1 aliphatic rings. The van der Waals surface area contributed by atoms with Gasteiger partial charge in [-0.05, 0) is 19.8 Å². The summed E-state index contributed by atoms with van der Waals surface area (Å²) in [7, 11) is 0. The van der Waals surface area contributed by atoms with E-state index in [0.717, 1.165) is 5.56 Å². The summed E-state index contributed by atoms with van der Waals surface area (Å²) in [6.07, 6.45) is 8.66. The Morgan fingerprint density at radius 1 is 1.38 bits per heavy atom. The smallest absolute Gasteiger partial charge is 0.148 e. The highest BCUT2D eigenvalue weighted by Gasteiger charge is 2.16. The van der Waals surface area contributed by atoms with Crippen molar-refractivity contribution in [2.75, 3.05) is 5.73 Å². The number of aromatic nitrogens is 2. The second-order valence-corrected chi connectivity index (χ2v) is 3.97. The number of hydrogen-bond donors (Lipinski definition) is 1. The van der Waals surface area contributed by atoms with Gasteiger partial charge in [-0.15, -0.1) is 0 Å². The lowest BCUT2D eigenvalue weighted by Gasteiger charge is -2.21. The molecule has 0 aliphatic heterocycles. The Kier molecular flexibility index (Phi) is 2.25. The zero-order valence-corrected chi connectivity index (χ0v) is 8.16. The second kappa shape index (κ2) is 3.40. The Bertz CT molecular complexity index is 265. The van der Waals surface area contributed by atoms with Gasteiger partial charge in [0.1, 0.15) is 5.82 Å². The molecule has 1 fully saturated rings. The number of aryl methyl sites for hydroxylation is 1. The highest BCUT2D eigenvalue weighted by Crippen LogP contribution is 2.28. The van der Waals surface area contributed by atoms with Gasteiger partial charge in [-0.3, -0.25) is 4.68 Å². The van der Waals surface area contributed by atoms with Gasteiger partial charge < -0.3 is 5.73 Å². The Labute approximate surface area is 78.9 Å². The molecule has 2 rings (SSSR count). The van der Waals surface area contributed by atoms with Crippen molar-refractivity contribution in [1.29, 1.82) is 0 Å². The van der Waals surface area contributed by atoms with Gasteiger partial charge in [-0.25, -0.2) is 0 Å². The maximum atomic E-state index is 5.72. The third-order valence-electron chi connectivity index (χ3n) is 2.90. The van der Waals surface area contributed by atoms with Crippen molar-refractivity contribution in [2.45, 2.75) is 45.1 Å². The van der Waals surface area contributed by atoms with E-state index in [4.69, 9.17) is 5.73 Å². The molecule has 13 heavy (non-hydrogen) atoms. The molecule has 1 heterocycles. The number of nitrogens with two attached hydrogens (primary N) is 1. The molecule has 1 aromatic rings. The predicted octanol–water partition coefficient (Wildman–Crippen LogP) is 2.28. The van der Waals surface area contributed by atoms with Gasteiger partial charge in [0.15, 0.2) is 0 Å². The first kappa shape index (κ1) is 8.60. The topological polar surface area (TPSA) is 43.8 Å². The zero-order chi connectivity index (χ0) is 9.26. The number of rotatable bonds is 1. The minimum atomic E-state index is 0.602. The summed E-state index contributed by atoms with van der Waals surface area (Å²) < 4.78 is 2.06. The van der Waals surface area contributed by atoms with Crippen LogP contribution in [-0.2, 0) is 0 Å². The highest BCUT2D eigenvalue weighted by molar-refractivity contribution is 5.35. The monoisotopic (exact) mass is 179 g/mol. The average molecular weight is 179 g/mol. The third kappa shape index (κ3) is 1.69. The van der Waals surface area contributed by atoms with E-state index in [9.17, 15) is 0 Å². The van der Waals surface area contributed by atoms with Crippen LogP contribution in [-0.4, -0.2) is 9.78 Å². The van der Waals surface area contributed by atoms with Crippen LogP contribution in [0.3, 0.4) is 0 Å². The molecule has 0 amide bonds. The molecule has 0 atom stereocenters. The number of nitrogen functional groups attached to an aromatic ring is 1. The van der Waals surface area contributed by atoms with Crippen LogP contribution < -0.4 is 5.73 Å². The predicted molar refractivity (Wildman–Crippen MR) is 53.5 cm³/mol. The molecule has 2 N–H and O–H groups in total. The largest absolute Gasteiger partial charge is 0.382 e. The van der Waals surface area contributed by atoms with E-state index < -0.39 is 0 Å². The standard InChI is InChI=1S/C10H17N3/c1-8-7-13(12-10(8)11)9-5-3-2-4-6-9/h7,9H,2-6H2,1H3,(H2,11,12). The molecule has 0 saturated heterocycles. The molecule has 1 aromatic heterocycles. The van der Waals surface area contributed by atoms with Crippen LogP contribution in [0.15, 0.2) is 6.20 Å². The first-order chi connectivity index (χ1) is 6.27. The average Bonchev–Trinajstić information content (AvgIpc) is 2.49. The molecule has 1 aliphatic carbocycles. The molecular weight excluding hydrogens is 162 g/mol. The summed E-state index contributed by atoms with van der Waals surface area (Å²) in [6.45, 7) is 2.02. The number of hydrogen-bond acceptors (Lipinski definition) is 2. The van der Waals surface area contributed by atoms with Gasteiger partial charge in [-0.2, -0.15) is 5.10 Å². The van der Waals surface area contributed by atoms with Crippen LogP contribution in [0.25, 0.3) is 0 Å². The summed E-state index contributed by atoms with van der Waals surface area (Å²) in [6, 6.07) is 0.602. The minimum absolute atomic E-state index is 0.602. The normalized spacial score (nSPS) is 19.2. The second-order valence-electron chi connectivity index (χ2n) is 3.97. The molecule has 3 heteroatoms. The van der Waals surface area contributed by atoms with Crippen LogP contribution in [0.2, 0.25) is 0 Å². The van der Waals surface area contributed by atoms with Gasteiger partial charge in [0.2, 0.25) is 0 Å². The minimum Gasteiger partial charge on any atom is -0.382 e. The van der Waals surface area contributed by atoms with Gasteiger partial charge in [-0.1, -0.05) is 19.3 Å². The van der Waals surface area contributed by atoms with Gasteiger partial charge in [0, 0.05) is 11.8 Å². The molecular formula is C10H17N3. The molecule has 0 unspecified atom stereocenters. The Morgan fingerprint density at radius 2 is 2.08 bits per heavy atom. The fourth-order valence-corrected chi connectivity index (χ4v) is 2.03.